The van der Waals surface area contributed by atoms with Crippen LogP contribution in [0, 0.1) is 8.80 Å². The van der Waals surface area contributed by atoms with Gasteiger partial charge in [0.1, 0.15) is 0 Å². The van der Waals surface area contributed by atoms with Gasteiger partial charge < -0.3 is 5.32 Å². The number of rotatable bonds is 6. The Hall–Kier alpha value is 0.390. The molecule has 0 aliphatic heterocycles. The summed E-state index contributed by atoms with van der Waals surface area (Å²) in [5.41, 5.74) is 1.50. The molecule has 2 rings (SSSR count). The molecule has 1 fully saturated rings. The number of nitrogens with one attached hydrogen (secondary N) is 1. The molecule has 1 aliphatic carbocycles. The predicted molar refractivity (Wildman–Crippen MR) is 75.4 cm³/mol. The molecule has 0 amide bonds. The molecular weight excluding hydrogens is 317 g/mol. The number of hydrogen-bond acceptors (Lipinski definition) is 2. The van der Waals surface area contributed by atoms with Crippen molar-refractivity contribution in [1.82, 2.24) is 5.32 Å². The summed E-state index contributed by atoms with van der Waals surface area (Å²) in [4.78, 5) is 0. The minimum Gasteiger partial charge on any atom is -0.310 e. The first kappa shape index (κ1) is 11.9. The lowest BCUT2D eigenvalue weighted by molar-refractivity contribution is 0.475. The zero-order chi connectivity index (χ0) is 10.7. The molecule has 0 aromatic carbocycles. The maximum absolute atomic E-state index is 3.67. The van der Waals surface area contributed by atoms with Gasteiger partial charge >= 0.3 is 0 Å². The van der Waals surface area contributed by atoms with Crippen LogP contribution in [0.2, 0.25) is 0 Å². The van der Waals surface area contributed by atoms with E-state index in [0.29, 0.717) is 6.04 Å². The second-order valence-electron chi connectivity index (χ2n) is 4.37. The molecule has 1 saturated carbocycles. The normalized spacial score (nSPS) is 18.0. The molecule has 3 heteroatoms. The molecule has 84 valence electrons. The Morgan fingerprint density at radius 1 is 1.60 bits per heavy atom. The van der Waals surface area contributed by atoms with Crippen LogP contribution in [0.25, 0.3) is 0 Å². The van der Waals surface area contributed by atoms with Crippen molar-refractivity contribution >= 4 is 33.9 Å². The monoisotopic (exact) mass is 335 g/mol. The third-order valence-electron chi connectivity index (χ3n) is 2.90. The first-order valence-electron chi connectivity index (χ1n) is 5.77. The average Bonchev–Trinajstić information content (AvgIpc) is 2.94. The molecule has 1 aromatic rings. The van der Waals surface area contributed by atoms with Crippen LogP contribution in [0.1, 0.15) is 44.2 Å². The molecule has 1 aliphatic rings. The largest absolute Gasteiger partial charge is 0.310 e. The van der Waals surface area contributed by atoms with Gasteiger partial charge in [-0.1, -0.05) is 19.8 Å². The Morgan fingerprint density at radius 3 is 2.93 bits per heavy atom. The van der Waals surface area contributed by atoms with E-state index in [-0.39, 0.29) is 0 Å². The van der Waals surface area contributed by atoms with Gasteiger partial charge in [0.2, 0.25) is 0 Å². The summed E-state index contributed by atoms with van der Waals surface area (Å²) < 4.78 is 1.40. The van der Waals surface area contributed by atoms with Crippen LogP contribution in [-0.2, 0) is 0 Å². The van der Waals surface area contributed by atoms with Gasteiger partial charge in [-0.05, 0) is 64.9 Å². The highest BCUT2D eigenvalue weighted by Gasteiger charge is 2.26. The average molecular weight is 335 g/mol. The predicted octanol–water partition coefficient (Wildman–Crippen LogP) is 4.19. The summed E-state index contributed by atoms with van der Waals surface area (Å²) in [5, 5.41) is 5.99. The van der Waals surface area contributed by atoms with Gasteiger partial charge in [0.15, 0.2) is 0 Å². The Morgan fingerprint density at radius 2 is 2.40 bits per heavy atom. The van der Waals surface area contributed by atoms with Gasteiger partial charge in [0, 0.05) is 6.04 Å². The summed E-state index contributed by atoms with van der Waals surface area (Å²) in [6, 6.07) is 2.94. The third-order valence-corrected chi connectivity index (χ3v) is 4.70. The van der Waals surface area contributed by atoms with Gasteiger partial charge in [-0.25, -0.2) is 0 Å². The molecule has 1 nitrogen and oxygen atoms in total. The van der Waals surface area contributed by atoms with Crippen LogP contribution in [-0.4, -0.2) is 6.54 Å². The highest BCUT2D eigenvalue weighted by atomic mass is 127. The van der Waals surface area contributed by atoms with E-state index >= 15 is 0 Å². The van der Waals surface area contributed by atoms with E-state index in [1.807, 2.05) is 11.3 Å². The smallest absolute Gasteiger partial charge is 0.0656 e. The lowest BCUT2D eigenvalue weighted by atomic mass is 10.0. The van der Waals surface area contributed by atoms with Crippen molar-refractivity contribution in [3.05, 3.63) is 19.9 Å². The van der Waals surface area contributed by atoms with E-state index in [0.717, 1.165) is 12.5 Å². The van der Waals surface area contributed by atoms with Crippen molar-refractivity contribution in [2.75, 3.05) is 6.54 Å². The van der Waals surface area contributed by atoms with E-state index in [1.54, 1.807) is 0 Å². The van der Waals surface area contributed by atoms with Gasteiger partial charge in [0.25, 0.3) is 0 Å². The first-order valence-corrected chi connectivity index (χ1v) is 7.72. The molecule has 1 aromatic heterocycles. The fourth-order valence-electron chi connectivity index (χ4n) is 1.85. The highest BCUT2D eigenvalue weighted by molar-refractivity contribution is 14.1. The molecule has 15 heavy (non-hydrogen) atoms. The first-order chi connectivity index (χ1) is 7.29. The topological polar surface area (TPSA) is 12.0 Å². The maximum Gasteiger partial charge on any atom is 0.0656 e. The van der Waals surface area contributed by atoms with E-state index in [4.69, 9.17) is 0 Å². The van der Waals surface area contributed by atoms with Crippen LogP contribution < -0.4 is 5.32 Å². The van der Waals surface area contributed by atoms with Crippen LogP contribution in [0.5, 0.6) is 0 Å². The SMILES string of the molecule is CCCNC(CC1CC1)c1csc(I)c1. The van der Waals surface area contributed by atoms with Crippen molar-refractivity contribution < 1.29 is 0 Å². The van der Waals surface area contributed by atoms with E-state index in [1.165, 1.54) is 34.1 Å². The van der Waals surface area contributed by atoms with Crippen molar-refractivity contribution in [1.29, 1.82) is 0 Å². The quantitative estimate of drug-likeness (QED) is 0.769. The summed E-state index contributed by atoms with van der Waals surface area (Å²) in [6.45, 7) is 3.38. The number of thiophene rings is 1. The van der Waals surface area contributed by atoms with Crippen molar-refractivity contribution in [3.8, 4) is 0 Å². The summed E-state index contributed by atoms with van der Waals surface area (Å²) >= 11 is 4.27. The summed E-state index contributed by atoms with van der Waals surface area (Å²) in [6.07, 6.45) is 5.46. The van der Waals surface area contributed by atoms with Gasteiger partial charge in [-0.3, -0.25) is 0 Å². The van der Waals surface area contributed by atoms with Gasteiger partial charge in [0.05, 0.1) is 2.88 Å². The van der Waals surface area contributed by atoms with Crippen molar-refractivity contribution in [3.63, 3.8) is 0 Å². The summed E-state index contributed by atoms with van der Waals surface area (Å²) in [7, 11) is 0. The molecule has 1 atom stereocenters. The lowest BCUT2D eigenvalue weighted by Gasteiger charge is -2.17. The molecule has 0 saturated heterocycles. The van der Waals surface area contributed by atoms with Gasteiger partial charge in [-0.15, -0.1) is 11.3 Å². The Kier molecular flexibility index (Phi) is 4.46. The van der Waals surface area contributed by atoms with Gasteiger partial charge in [-0.2, -0.15) is 0 Å². The molecule has 0 radical (unpaired) electrons. The maximum atomic E-state index is 3.67. The Balaban J connectivity index is 1.96. The second kappa shape index (κ2) is 5.64. The third kappa shape index (κ3) is 3.71. The fourth-order valence-corrected chi connectivity index (χ4v) is 3.27. The molecule has 0 bridgehead atoms. The minimum atomic E-state index is 0.609. The molecule has 1 heterocycles. The number of hydrogen-bond donors (Lipinski definition) is 1. The highest BCUT2D eigenvalue weighted by Crippen LogP contribution is 2.38. The van der Waals surface area contributed by atoms with E-state index in [2.05, 4.69) is 46.3 Å². The van der Waals surface area contributed by atoms with Crippen molar-refractivity contribution in [2.45, 2.75) is 38.6 Å². The Labute approximate surface area is 110 Å². The molecule has 0 spiro atoms. The summed E-state index contributed by atoms with van der Waals surface area (Å²) in [5.74, 6) is 0.997. The Bertz CT molecular complexity index is 306. The zero-order valence-corrected chi connectivity index (χ0v) is 12.1. The minimum absolute atomic E-state index is 0.609. The van der Waals surface area contributed by atoms with Crippen LogP contribution in [0.15, 0.2) is 11.4 Å². The zero-order valence-electron chi connectivity index (χ0n) is 9.13. The second-order valence-corrected chi connectivity index (χ2v) is 7.18. The molecule has 1 unspecified atom stereocenters. The standard InChI is InChI=1S/C12H18INS/c1-2-5-14-11(6-9-3-4-9)10-7-12(13)15-8-10/h7-9,11,14H,2-6H2,1H3. The number of halogens is 1. The lowest BCUT2D eigenvalue weighted by Crippen LogP contribution is -2.22. The van der Waals surface area contributed by atoms with E-state index < -0.39 is 0 Å². The van der Waals surface area contributed by atoms with Crippen LogP contribution in [0.3, 0.4) is 0 Å². The van der Waals surface area contributed by atoms with Crippen LogP contribution in [0.4, 0.5) is 0 Å². The molecule has 1 N–H and O–H groups in total. The van der Waals surface area contributed by atoms with E-state index in [9.17, 15) is 0 Å². The van der Waals surface area contributed by atoms with Crippen molar-refractivity contribution in [2.24, 2.45) is 5.92 Å². The molecular formula is C12H18INS. The fraction of sp³-hybridized carbons (Fsp3) is 0.667. The van der Waals surface area contributed by atoms with Crippen LogP contribution >= 0.6 is 33.9 Å².